The van der Waals surface area contributed by atoms with Crippen molar-refractivity contribution in [1.82, 2.24) is 19.8 Å². The predicted octanol–water partition coefficient (Wildman–Crippen LogP) is 4.75. The molecule has 1 amide bonds. The summed E-state index contributed by atoms with van der Waals surface area (Å²) in [7, 11) is 4.04. The van der Waals surface area contributed by atoms with Crippen LogP contribution in [0.4, 0.5) is 20.3 Å². The largest absolute Gasteiger partial charge is 0.463 e. The Morgan fingerprint density at radius 2 is 2.06 bits per heavy atom. The van der Waals surface area contributed by atoms with E-state index in [1.807, 2.05) is 37.2 Å². The Labute approximate surface area is 278 Å². The highest BCUT2D eigenvalue weighted by Gasteiger charge is 2.38. The van der Waals surface area contributed by atoms with E-state index in [0.29, 0.717) is 57.1 Å². The van der Waals surface area contributed by atoms with Gasteiger partial charge in [0.1, 0.15) is 18.2 Å². The maximum atomic E-state index is 14.6. The van der Waals surface area contributed by atoms with Crippen molar-refractivity contribution in [3.05, 3.63) is 64.8 Å². The molecular formula is C34H38ClF2N7O3. The number of rotatable bonds is 9. The minimum absolute atomic E-state index is 0.0331. The topological polar surface area (TPSA) is 98.1 Å². The Morgan fingerprint density at radius 3 is 2.79 bits per heavy atom. The van der Waals surface area contributed by atoms with Crippen molar-refractivity contribution in [2.75, 3.05) is 76.4 Å². The van der Waals surface area contributed by atoms with Gasteiger partial charge in [-0.25, -0.2) is 8.78 Å². The molecule has 0 radical (unpaired) electrons. The zero-order valence-corrected chi connectivity index (χ0v) is 27.4. The van der Waals surface area contributed by atoms with Gasteiger partial charge in [-0.15, -0.1) is 0 Å². The fraction of sp³-hybridized carbons (Fsp3) is 0.471. The zero-order chi connectivity index (χ0) is 33.3. The molecule has 2 unspecified atom stereocenters. The van der Waals surface area contributed by atoms with Gasteiger partial charge in [0.25, 0.3) is 5.91 Å². The van der Waals surface area contributed by atoms with Gasteiger partial charge in [0.05, 0.1) is 42.4 Å². The van der Waals surface area contributed by atoms with Crippen molar-refractivity contribution >= 4 is 39.8 Å². The van der Waals surface area contributed by atoms with Crippen LogP contribution >= 0.6 is 11.6 Å². The van der Waals surface area contributed by atoms with E-state index < -0.39 is 23.6 Å². The second-order valence-corrected chi connectivity index (χ2v) is 13.2. The second kappa shape index (κ2) is 13.6. The molecule has 6 rings (SSSR count). The normalized spacial score (nSPS) is 21.2. The monoisotopic (exact) mass is 665 g/mol. The summed E-state index contributed by atoms with van der Waals surface area (Å²) in [5, 5.41) is 11.1. The highest BCUT2D eigenvalue weighted by atomic mass is 35.5. The summed E-state index contributed by atoms with van der Waals surface area (Å²) in [4.78, 5) is 30.1. The lowest BCUT2D eigenvalue weighted by atomic mass is 9.88. The van der Waals surface area contributed by atoms with Crippen LogP contribution in [0.2, 0.25) is 5.02 Å². The Morgan fingerprint density at radius 1 is 1.23 bits per heavy atom. The number of nitrogens with zero attached hydrogens (tertiary/aromatic N) is 7. The van der Waals surface area contributed by atoms with Crippen LogP contribution in [0.1, 0.15) is 24.1 Å². The minimum Gasteiger partial charge on any atom is -0.463 e. The van der Waals surface area contributed by atoms with Gasteiger partial charge in [-0.3, -0.25) is 4.79 Å². The average Bonchev–Trinajstić information content (AvgIpc) is 3.52. The fourth-order valence-electron chi connectivity index (χ4n) is 7.05. The molecular weight excluding hydrogens is 628 g/mol. The number of aromatic nitrogens is 2. The van der Waals surface area contributed by atoms with Crippen LogP contribution in [0.15, 0.2) is 42.7 Å². The number of hydrogen-bond donors (Lipinski definition) is 0. The third-order valence-electron chi connectivity index (χ3n) is 9.22. The summed E-state index contributed by atoms with van der Waals surface area (Å²) >= 11 is 6.50. The first-order valence-electron chi connectivity index (χ1n) is 15.7. The first-order chi connectivity index (χ1) is 22.6. The number of amides is 1. The SMILES string of the molecule is C=C(F)C(=O)N1CCN(c2nc(OCC3(CN(C)C)CCOC3)nc3c2CCN(c2cccc4ccc(F)c(Cl)c24)C3)CC1CC#N. The third kappa shape index (κ3) is 6.70. The quantitative estimate of drug-likeness (QED) is 0.300. The van der Waals surface area contributed by atoms with Crippen LogP contribution in [0, 0.1) is 22.6 Å². The molecule has 3 aromatic rings. The van der Waals surface area contributed by atoms with E-state index in [0.717, 1.165) is 35.3 Å². The van der Waals surface area contributed by atoms with Crippen molar-refractivity contribution < 1.29 is 23.0 Å². The standard InChI is InChI=1S/C34H38ClF2N7O3/c1-22(36)32(45)44-15-14-43(17-24(44)9-12-38)31-25-10-13-42(28-6-4-5-23-7-8-26(37)30(35)29(23)28)18-27(25)39-33(40-31)47-21-34(19-41(2)3)11-16-46-20-34/h4-8,24H,1,9-11,13-21H2,2-3H3. The van der Waals surface area contributed by atoms with Crippen LogP contribution < -0.4 is 14.5 Å². The van der Waals surface area contributed by atoms with Crippen molar-refractivity contribution in [3.8, 4) is 12.1 Å². The van der Waals surface area contributed by atoms with Crippen LogP contribution in [0.5, 0.6) is 6.01 Å². The molecule has 4 heterocycles. The number of hydrogen-bond acceptors (Lipinski definition) is 9. The summed E-state index contributed by atoms with van der Waals surface area (Å²) in [6.07, 6.45) is 1.46. The van der Waals surface area contributed by atoms with E-state index in [2.05, 4.69) is 22.4 Å². The molecule has 0 bridgehead atoms. The Balaban J connectivity index is 1.36. The molecule has 0 saturated carbocycles. The van der Waals surface area contributed by atoms with Crippen molar-refractivity contribution in [1.29, 1.82) is 5.26 Å². The van der Waals surface area contributed by atoms with E-state index in [-0.39, 0.29) is 36.0 Å². The molecule has 0 aliphatic carbocycles. The molecule has 0 N–H and O–H groups in total. The van der Waals surface area contributed by atoms with Gasteiger partial charge in [0, 0.05) is 61.4 Å². The number of benzene rings is 2. The van der Waals surface area contributed by atoms with E-state index in [4.69, 9.17) is 31.0 Å². The number of piperazine rings is 1. The van der Waals surface area contributed by atoms with Crippen LogP contribution in [-0.2, 0) is 22.5 Å². The Kier molecular flexibility index (Phi) is 9.50. The molecule has 1 aromatic heterocycles. The molecule has 10 nitrogen and oxygen atoms in total. The molecule has 0 spiro atoms. The smallest absolute Gasteiger partial charge is 0.318 e. The number of nitriles is 1. The first-order valence-corrected chi connectivity index (χ1v) is 16.1. The predicted molar refractivity (Wildman–Crippen MR) is 176 cm³/mol. The first kappa shape index (κ1) is 32.9. The van der Waals surface area contributed by atoms with Crippen LogP contribution in [0.25, 0.3) is 10.8 Å². The highest BCUT2D eigenvalue weighted by Crippen LogP contribution is 2.39. The molecule has 47 heavy (non-hydrogen) atoms. The summed E-state index contributed by atoms with van der Waals surface area (Å²) in [5.74, 6) is -1.66. The molecule has 3 aliphatic heterocycles. The number of carbonyl (C=O) groups is 1. The maximum absolute atomic E-state index is 14.6. The van der Waals surface area contributed by atoms with Crippen molar-refractivity contribution in [3.63, 3.8) is 0 Å². The lowest BCUT2D eigenvalue weighted by Crippen LogP contribution is -2.55. The van der Waals surface area contributed by atoms with Gasteiger partial charge < -0.3 is 29.1 Å². The fourth-order valence-corrected chi connectivity index (χ4v) is 7.32. The maximum Gasteiger partial charge on any atom is 0.318 e. The molecule has 13 heteroatoms. The molecule has 2 aromatic carbocycles. The lowest BCUT2D eigenvalue weighted by molar-refractivity contribution is -0.131. The summed E-state index contributed by atoms with van der Waals surface area (Å²) in [6, 6.07) is 10.7. The Bertz CT molecular complexity index is 1730. The molecule has 2 atom stereocenters. The molecule has 2 saturated heterocycles. The summed E-state index contributed by atoms with van der Waals surface area (Å²) in [5.41, 5.74) is 2.29. The number of ether oxygens (including phenoxy) is 2. The number of halogens is 3. The number of anilines is 2. The Hall–Kier alpha value is -4.05. The van der Waals surface area contributed by atoms with Gasteiger partial charge >= 0.3 is 6.01 Å². The third-order valence-corrected chi connectivity index (χ3v) is 9.59. The van der Waals surface area contributed by atoms with E-state index in [1.165, 1.54) is 11.0 Å². The molecule has 2 fully saturated rings. The van der Waals surface area contributed by atoms with E-state index in [1.54, 1.807) is 6.07 Å². The highest BCUT2D eigenvalue weighted by molar-refractivity contribution is 6.36. The zero-order valence-electron chi connectivity index (χ0n) is 26.6. The number of carbonyl (C=O) groups excluding carboxylic acids is 1. The minimum atomic E-state index is -1.05. The van der Waals surface area contributed by atoms with Gasteiger partial charge in [0.2, 0.25) is 0 Å². The average molecular weight is 666 g/mol. The summed E-state index contributed by atoms with van der Waals surface area (Å²) in [6.45, 7) is 7.42. The van der Waals surface area contributed by atoms with Gasteiger partial charge in [-0.05, 0) is 44.5 Å². The van der Waals surface area contributed by atoms with Gasteiger partial charge in [0.15, 0.2) is 5.83 Å². The van der Waals surface area contributed by atoms with Crippen LogP contribution in [-0.4, -0.2) is 98.4 Å². The second-order valence-electron chi connectivity index (χ2n) is 12.9. The van der Waals surface area contributed by atoms with E-state index >= 15 is 0 Å². The van der Waals surface area contributed by atoms with E-state index in [9.17, 15) is 18.8 Å². The van der Waals surface area contributed by atoms with Crippen LogP contribution in [0.3, 0.4) is 0 Å². The van der Waals surface area contributed by atoms with Gasteiger partial charge in [-0.1, -0.05) is 36.4 Å². The van der Waals surface area contributed by atoms with Crippen molar-refractivity contribution in [2.24, 2.45) is 5.41 Å². The van der Waals surface area contributed by atoms with Gasteiger partial charge in [-0.2, -0.15) is 15.2 Å². The number of fused-ring (bicyclic) bond motifs is 2. The molecule has 248 valence electrons. The molecule has 3 aliphatic rings. The van der Waals surface area contributed by atoms with Crippen molar-refractivity contribution in [2.45, 2.75) is 31.8 Å². The summed E-state index contributed by atoms with van der Waals surface area (Å²) < 4.78 is 40.6. The lowest BCUT2D eigenvalue weighted by Gasteiger charge is -2.42.